The van der Waals surface area contributed by atoms with Gasteiger partial charge in [0.2, 0.25) is 11.8 Å². The van der Waals surface area contributed by atoms with Gasteiger partial charge in [0, 0.05) is 24.7 Å². The van der Waals surface area contributed by atoms with Crippen molar-refractivity contribution < 1.29 is 18.7 Å². The van der Waals surface area contributed by atoms with Crippen LogP contribution in [0.5, 0.6) is 0 Å². The Balaban J connectivity index is 1.67. The van der Waals surface area contributed by atoms with Crippen LogP contribution in [-0.4, -0.2) is 57.6 Å². The van der Waals surface area contributed by atoms with Gasteiger partial charge in [-0.2, -0.15) is 0 Å². The molecule has 162 valence electrons. The first-order valence-electron chi connectivity index (χ1n) is 10.4. The average molecular weight is 414 g/mol. The van der Waals surface area contributed by atoms with E-state index in [0.717, 1.165) is 5.56 Å². The molecular weight excluding hydrogens is 382 g/mol. The number of aryl methyl sites for hydroxylation is 1. The average Bonchev–Trinajstić information content (AvgIpc) is 3.03. The number of oxazole rings is 1. The second-order valence-corrected chi connectivity index (χ2v) is 8.81. The van der Waals surface area contributed by atoms with Crippen molar-refractivity contribution in [2.75, 3.05) is 13.1 Å². The summed E-state index contributed by atoms with van der Waals surface area (Å²) in [6, 6.07) is 9.37. The van der Waals surface area contributed by atoms with E-state index in [-0.39, 0.29) is 30.5 Å². The van der Waals surface area contributed by atoms with Crippen molar-refractivity contribution in [2.45, 2.75) is 65.6 Å². The zero-order valence-electron chi connectivity index (χ0n) is 18.6. The maximum atomic E-state index is 13.0. The highest BCUT2D eigenvalue weighted by Gasteiger charge is 2.37. The molecule has 3 rings (SSSR count). The number of carbonyl (C=O) groups is 2. The van der Waals surface area contributed by atoms with E-state index in [1.807, 2.05) is 76.8 Å². The molecule has 0 spiro atoms. The summed E-state index contributed by atoms with van der Waals surface area (Å²) in [4.78, 5) is 33.6. The summed E-state index contributed by atoms with van der Waals surface area (Å²) in [5.41, 5.74) is 0.981. The third kappa shape index (κ3) is 4.83. The second-order valence-electron chi connectivity index (χ2n) is 8.81. The van der Waals surface area contributed by atoms with E-state index < -0.39 is 5.60 Å². The molecule has 2 aromatic rings. The molecule has 30 heavy (non-hydrogen) atoms. The Morgan fingerprint density at radius 3 is 2.33 bits per heavy atom. The molecule has 1 aromatic heterocycles. The van der Waals surface area contributed by atoms with Crippen molar-refractivity contribution in [3.8, 4) is 11.5 Å². The Hall–Kier alpha value is -2.83. The maximum Gasteiger partial charge on any atom is 0.410 e. The van der Waals surface area contributed by atoms with Gasteiger partial charge in [0.15, 0.2) is 0 Å². The van der Waals surface area contributed by atoms with Crippen LogP contribution in [0.2, 0.25) is 0 Å². The monoisotopic (exact) mass is 413 g/mol. The highest BCUT2D eigenvalue weighted by atomic mass is 16.6. The van der Waals surface area contributed by atoms with Crippen molar-refractivity contribution in [1.82, 2.24) is 14.8 Å². The number of amides is 2. The lowest BCUT2D eigenvalue weighted by molar-refractivity contribution is -0.136. The molecule has 0 bridgehead atoms. The molecule has 0 aliphatic carbocycles. The van der Waals surface area contributed by atoms with Gasteiger partial charge in [-0.3, -0.25) is 4.79 Å². The molecule has 1 aromatic carbocycles. The van der Waals surface area contributed by atoms with Crippen LogP contribution in [0.25, 0.3) is 11.5 Å². The van der Waals surface area contributed by atoms with Gasteiger partial charge in [0.1, 0.15) is 11.4 Å². The molecule has 2 heterocycles. The number of benzene rings is 1. The van der Waals surface area contributed by atoms with Crippen molar-refractivity contribution in [1.29, 1.82) is 0 Å². The topological polar surface area (TPSA) is 75.9 Å². The number of carbonyl (C=O) groups excluding carboxylic acids is 2. The van der Waals surface area contributed by atoms with Gasteiger partial charge in [-0.25, -0.2) is 9.78 Å². The van der Waals surface area contributed by atoms with E-state index in [4.69, 9.17) is 9.15 Å². The Kier molecular flexibility index (Phi) is 6.19. The van der Waals surface area contributed by atoms with E-state index in [1.54, 1.807) is 4.90 Å². The van der Waals surface area contributed by atoms with Crippen LogP contribution in [0.3, 0.4) is 0 Å². The molecule has 1 aliphatic rings. The normalized spacial score (nSPS) is 19.7. The minimum Gasteiger partial charge on any atom is -0.444 e. The molecule has 0 saturated carbocycles. The quantitative estimate of drug-likeness (QED) is 0.759. The van der Waals surface area contributed by atoms with E-state index in [9.17, 15) is 9.59 Å². The van der Waals surface area contributed by atoms with E-state index in [0.29, 0.717) is 30.4 Å². The van der Waals surface area contributed by atoms with Crippen LogP contribution in [0.1, 0.15) is 46.1 Å². The third-order valence-electron chi connectivity index (χ3n) is 5.44. The standard InChI is InChI=1S/C23H31N3O4/c1-15-16(2)26(22(28)30-23(4,5)6)13-12-25(15)20(27)14-19-17(3)29-21(24-19)18-10-8-7-9-11-18/h7-11,15-16H,12-14H2,1-6H3/t15-,16-/m0/s1. The summed E-state index contributed by atoms with van der Waals surface area (Å²) in [7, 11) is 0. The fourth-order valence-electron chi connectivity index (χ4n) is 3.61. The number of ether oxygens (including phenoxy) is 1. The number of aromatic nitrogens is 1. The Morgan fingerprint density at radius 1 is 1.10 bits per heavy atom. The van der Waals surface area contributed by atoms with Crippen LogP contribution in [0, 0.1) is 6.92 Å². The minimum absolute atomic E-state index is 0.0193. The number of piperazine rings is 1. The fraction of sp³-hybridized carbons (Fsp3) is 0.522. The number of nitrogens with zero attached hydrogens (tertiary/aromatic N) is 3. The number of hydrogen-bond acceptors (Lipinski definition) is 5. The van der Waals surface area contributed by atoms with E-state index >= 15 is 0 Å². The molecule has 0 N–H and O–H groups in total. The lowest BCUT2D eigenvalue weighted by Crippen LogP contribution is -2.61. The second kappa shape index (κ2) is 8.50. The first-order valence-corrected chi connectivity index (χ1v) is 10.4. The first kappa shape index (κ1) is 21.9. The van der Waals surface area contributed by atoms with E-state index in [1.165, 1.54) is 0 Å². The van der Waals surface area contributed by atoms with Gasteiger partial charge in [0.05, 0.1) is 18.2 Å². The minimum atomic E-state index is -0.548. The van der Waals surface area contributed by atoms with Crippen molar-refractivity contribution in [3.63, 3.8) is 0 Å². The predicted molar refractivity (Wildman–Crippen MR) is 114 cm³/mol. The summed E-state index contributed by atoms with van der Waals surface area (Å²) < 4.78 is 11.3. The molecular formula is C23H31N3O4. The van der Waals surface area contributed by atoms with Gasteiger partial charge < -0.3 is 19.0 Å². The zero-order valence-corrected chi connectivity index (χ0v) is 18.6. The van der Waals surface area contributed by atoms with Crippen LogP contribution in [0.15, 0.2) is 34.7 Å². The van der Waals surface area contributed by atoms with E-state index in [2.05, 4.69) is 4.98 Å². The number of hydrogen-bond donors (Lipinski definition) is 0. The molecule has 0 radical (unpaired) electrons. The SMILES string of the molecule is Cc1oc(-c2ccccc2)nc1CC(=O)N1CCN(C(=O)OC(C)(C)C)[C@@H](C)[C@@H]1C. The van der Waals surface area contributed by atoms with Gasteiger partial charge in [-0.05, 0) is 53.7 Å². The van der Waals surface area contributed by atoms with Crippen LogP contribution in [0.4, 0.5) is 4.79 Å². The molecule has 7 heteroatoms. The smallest absolute Gasteiger partial charge is 0.410 e. The lowest BCUT2D eigenvalue weighted by Gasteiger charge is -2.45. The van der Waals surface area contributed by atoms with Gasteiger partial charge >= 0.3 is 6.09 Å². The predicted octanol–water partition coefficient (Wildman–Crippen LogP) is 4.05. The fourth-order valence-corrected chi connectivity index (χ4v) is 3.61. The Morgan fingerprint density at radius 2 is 1.70 bits per heavy atom. The summed E-state index contributed by atoms with van der Waals surface area (Å²) in [5.74, 6) is 1.15. The van der Waals surface area contributed by atoms with Gasteiger partial charge in [0.25, 0.3) is 0 Å². The van der Waals surface area contributed by atoms with Crippen molar-refractivity contribution in [2.24, 2.45) is 0 Å². The zero-order chi connectivity index (χ0) is 22.1. The molecule has 2 amide bonds. The summed E-state index contributed by atoms with van der Waals surface area (Å²) in [6.45, 7) is 12.2. The Bertz CT molecular complexity index is 901. The van der Waals surface area contributed by atoms with Crippen LogP contribution in [-0.2, 0) is 16.0 Å². The first-order chi connectivity index (χ1) is 14.1. The largest absolute Gasteiger partial charge is 0.444 e. The molecule has 1 aliphatic heterocycles. The highest BCUT2D eigenvalue weighted by molar-refractivity contribution is 5.79. The van der Waals surface area contributed by atoms with Crippen molar-refractivity contribution >= 4 is 12.0 Å². The lowest BCUT2D eigenvalue weighted by atomic mass is 10.0. The third-order valence-corrected chi connectivity index (χ3v) is 5.44. The molecule has 1 fully saturated rings. The van der Waals surface area contributed by atoms with Gasteiger partial charge in [-0.1, -0.05) is 18.2 Å². The summed E-state index contributed by atoms with van der Waals surface area (Å²) >= 11 is 0. The highest BCUT2D eigenvalue weighted by Crippen LogP contribution is 2.24. The van der Waals surface area contributed by atoms with Gasteiger partial charge in [-0.15, -0.1) is 0 Å². The van der Waals surface area contributed by atoms with Crippen molar-refractivity contribution in [3.05, 3.63) is 41.8 Å². The molecule has 0 unspecified atom stereocenters. The molecule has 7 nitrogen and oxygen atoms in total. The molecule has 2 atom stereocenters. The van der Waals surface area contributed by atoms with Crippen LogP contribution < -0.4 is 0 Å². The summed E-state index contributed by atoms with van der Waals surface area (Å²) in [6.07, 6.45) is -0.167. The summed E-state index contributed by atoms with van der Waals surface area (Å²) in [5, 5.41) is 0. The molecule has 1 saturated heterocycles. The Labute approximate surface area is 178 Å². The number of rotatable bonds is 3. The van der Waals surface area contributed by atoms with Crippen LogP contribution >= 0.6 is 0 Å². The maximum absolute atomic E-state index is 13.0.